The maximum Gasteiger partial charge on any atom is 0.129 e. The van der Waals surface area contributed by atoms with Gasteiger partial charge in [0, 0.05) is 17.8 Å². The predicted octanol–water partition coefficient (Wildman–Crippen LogP) is 1.32. The SMILES string of the molecule is CCC(CCN)Nc1cc(C)ncn1. The third kappa shape index (κ3) is 3.30. The highest BCUT2D eigenvalue weighted by Gasteiger charge is 2.05. The average molecular weight is 194 g/mol. The molecule has 0 fully saturated rings. The van der Waals surface area contributed by atoms with Gasteiger partial charge in [-0.2, -0.15) is 0 Å². The zero-order chi connectivity index (χ0) is 10.4. The molecule has 1 unspecified atom stereocenters. The van der Waals surface area contributed by atoms with E-state index < -0.39 is 0 Å². The van der Waals surface area contributed by atoms with E-state index in [0.717, 1.165) is 24.4 Å². The van der Waals surface area contributed by atoms with Crippen LogP contribution in [0.15, 0.2) is 12.4 Å². The van der Waals surface area contributed by atoms with Gasteiger partial charge in [0.1, 0.15) is 12.1 Å². The number of aromatic nitrogens is 2. The molecular formula is C10H18N4. The summed E-state index contributed by atoms with van der Waals surface area (Å²) in [4.78, 5) is 8.19. The van der Waals surface area contributed by atoms with Crippen LogP contribution in [0.1, 0.15) is 25.5 Å². The zero-order valence-corrected chi connectivity index (χ0v) is 8.83. The van der Waals surface area contributed by atoms with Crippen molar-refractivity contribution in [2.45, 2.75) is 32.7 Å². The summed E-state index contributed by atoms with van der Waals surface area (Å²) in [6.45, 7) is 4.80. The fourth-order valence-corrected chi connectivity index (χ4v) is 1.32. The molecule has 0 bridgehead atoms. The van der Waals surface area contributed by atoms with Gasteiger partial charge in [-0.05, 0) is 26.3 Å². The summed E-state index contributed by atoms with van der Waals surface area (Å²) in [5, 5.41) is 3.34. The minimum Gasteiger partial charge on any atom is -0.367 e. The van der Waals surface area contributed by atoms with E-state index in [1.54, 1.807) is 6.33 Å². The number of hydrogen-bond acceptors (Lipinski definition) is 4. The van der Waals surface area contributed by atoms with Crippen LogP contribution in [0, 0.1) is 6.92 Å². The van der Waals surface area contributed by atoms with Gasteiger partial charge in [-0.15, -0.1) is 0 Å². The Hall–Kier alpha value is -1.16. The van der Waals surface area contributed by atoms with Crippen molar-refractivity contribution < 1.29 is 0 Å². The highest BCUT2D eigenvalue weighted by molar-refractivity contribution is 5.35. The molecule has 1 heterocycles. The molecule has 1 aromatic heterocycles. The topological polar surface area (TPSA) is 63.8 Å². The summed E-state index contributed by atoms with van der Waals surface area (Å²) >= 11 is 0. The Morgan fingerprint density at radius 2 is 2.29 bits per heavy atom. The third-order valence-electron chi connectivity index (χ3n) is 2.16. The van der Waals surface area contributed by atoms with Crippen molar-refractivity contribution in [3.05, 3.63) is 18.1 Å². The number of nitrogens with two attached hydrogens (primary N) is 1. The second-order valence-corrected chi connectivity index (χ2v) is 3.37. The largest absolute Gasteiger partial charge is 0.367 e. The monoisotopic (exact) mass is 194 g/mol. The first-order chi connectivity index (χ1) is 6.76. The van der Waals surface area contributed by atoms with Gasteiger partial charge in [0.05, 0.1) is 0 Å². The van der Waals surface area contributed by atoms with E-state index in [1.807, 2.05) is 13.0 Å². The molecule has 1 aromatic rings. The highest BCUT2D eigenvalue weighted by Crippen LogP contribution is 2.08. The Morgan fingerprint density at radius 3 is 2.86 bits per heavy atom. The number of hydrogen-bond donors (Lipinski definition) is 2. The molecule has 78 valence electrons. The first kappa shape index (κ1) is 10.9. The normalized spacial score (nSPS) is 12.5. The van der Waals surface area contributed by atoms with Gasteiger partial charge in [0.25, 0.3) is 0 Å². The predicted molar refractivity (Wildman–Crippen MR) is 58.1 cm³/mol. The number of anilines is 1. The van der Waals surface area contributed by atoms with E-state index in [1.165, 1.54) is 0 Å². The van der Waals surface area contributed by atoms with Crippen LogP contribution < -0.4 is 11.1 Å². The molecule has 1 atom stereocenters. The second-order valence-electron chi connectivity index (χ2n) is 3.37. The Bertz CT molecular complexity index is 275. The number of nitrogens with zero attached hydrogens (tertiary/aromatic N) is 2. The maximum absolute atomic E-state index is 5.52. The van der Waals surface area contributed by atoms with Crippen molar-refractivity contribution in [1.82, 2.24) is 9.97 Å². The van der Waals surface area contributed by atoms with Gasteiger partial charge in [-0.1, -0.05) is 6.92 Å². The second kappa shape index (κ2) is 5.54. The van der Waals surface area contributed by atoms with E-state index in [9.17, 15) is 0 Å². The Balaban J connectivity index is 2.57. The van der Waals surface area contributed by atoms with E-state index >= 15 is 0 Å². The zero-order valence-electron chi connectivity index (χ0n) is 8.83. The van der Waals surface area contributed by atoms with Gasteiger partial charge >= 0.3 is 0 Å². The molecule has 0 saturated heterocycles. The molecule has 4 heteroatoms. The van der Waals surface area contributed by atoms with Gasteiger partial charge in [-0.3, -0.25) is 0 Å². The van der Waals surface area contributed by atoms with Crippen molar-refractivity contribution in [2.75, 3.05) is 11.9 Å². The molecule has 0 amide bonds. The summed E-state index contributed by atoms with van der Waals surface area (Å²) in [5.41, 5.74) is 6.49. The van der Waals surface area contributed by atoms with Crippen LogP contribution in [0.5, 0.6) is 0 Å². The van der Waals surface area contributed by atoms with Crippen molar-refractivity contribution >= 4 is 5.82 Å². The fourth-order valence-electron chi connectivity index (χ4n) is 1.32. The highest BCUT2D eigenvalue weighted by atomic mass is 15.0. The van der Waals surface area contributed by atoms with Crippen LogP contribution >= 0.6 is 0 Å². The van der Waals surface area contributed by atoms with Crippen LogP contribution in [0.2, 0.25) is 0 Å². The molecular weight excluding hydrogens is 176 g/mol. The lowest BCUT2D eigenvalue weighted by Crippen LogP contribution is -2.22. The lowest BCUT2D eigenvalue weighted by Gasteiger charge is -2.16. The van der Waals surface area contributed by atoms with Crippen molar-refractivity contribution in [3.8, 4) is 0 Å². The van der Waals surface area contributed by atoms with Crippen LogP contribution in [-0.2, 0) is 0 Å². The fraction of sp³-hybridized carbons (Fsp3) is 0.600. The molecule has 0 spiro atoms. The molecule has 0 aliphatic heterocycles. The number of aryl methyl sites for hydroxylation is 1. The average Bonchev–Trinajstić information content (AvgIpc) is 2.17. The third-order valence-corrected chi connectivity index (χ3v) is 2.16. The summed E-state index contributed by atoms with van der Waals surface area (Å²) in [6, 6.07) is 2.36. The van der Waals surface area contributed by atoms with Gasteiger partial charge in [-0.25, -0.2) is 9.97 Å². The van der Waals surface area contributed by atoms with Crippen LogP contribution in [0.25, 0.3) is 0 Å². The summed E-state index contributed by atoms with van der Waals surface area (Å²) in [7, 11) is 0. The molecule has 0 aliphatic carbocycles. The quantitative estimate of drug-likeness (QED) is 0.742. The van der Waals surface area contributed by atoms with E-state index in [4.69, 9.17) is 5.73 Å². The number of nitrogens with one attached hydrogen (secondary N) is 1. The van der Waals surface area contributed by atoms with Crippen molar-refractivity contribution in [2.24, 2.45) is 5.73 Å². The molecule has 0 aliphatic rings. The molecule has 3 N–H and O–H groups in total. The standard InChI is InChI=1S/C10H18N4/c1-3-9(4-5-11)14-10-6-8(2)12-7-13-10/h6-7,9H,3-5,11H2,1-2H3,(H,12,13,14). The van der Waals surface area contributed by atoms with E-state index in [0.29, 0.717) is 12.6 Å². The van der Waals surface area contributed by atoms with Gasteiger partial charge in [0.2, 0.25) is 0 Å². The molecule has 14 heavy (non-hydrogen) atoms. The Kier molecular flexibility index (Phi) is 4.32. The molecule has 0 aromatic carbocycles. The van der Waals surface area contributed by atoms with E-state index in [2.05, 4.69) is 22.2 Å². The molecule has 0 saturated carbocycles. The summed E-state index contributed by atoms with van der Waals surface area (Å²) < 4.78 is 0. The van der Waals surface area contributed by atoms with Crippen LogP contribution in [-0.4, -0.2) is 22.6 Å². The van der Waals surface area contributed by atoms with Crippen molar-refractivity contribution in [3.63, 3.8) is 0 Å². The van der Waals surface area contributed by atoms with E-state index in [-0.39, 0.29) is 0 Å². The van der Waals surface area contributed by atoms with Gasteiger partial charge in [0.15, 0.2) is 0 Å². The first-order valence-electron chi connectivity index (χ1n) is 5.01. The first-order valence-corrected chi connectivity index (χ1v) is 5.01. The van der Waals surface area contributed by atoms with Crippen molar-refractivity contribution in [1.29, 1.82) is 0 Å². The van der Waals surface area contributed by atoms with Crippen LogP contribution in [0.4, 0.5) is 5.82 Å². The maximum atomic E-state index is 5.52. The minimum atomic E-state index is 0.411. The Labute approximate surface area is 85.0 Å². The lowest BCUT2D eigenvalue weighted by molar-refractivity contribution is 0.639. The minimum absolute atomic E-state index is 0.411. The van der Waals surface area contributed by atoms with Gasteiger partial charge < -0.3 is 11.1 Å². The Morgan fingerprint density at radius 1 is 1.50 bits per heavy atom. The number of rotatable bonds is 5. The summed E-state index contributed by atoms with van der Waals surface area (Å²) in [5.74, 6) is 0.887. The van der Waals surface area contributed by atoms with Crippen LogP contribution in [0.3, 0.4) is 0 Å². The molecule has 0 radical (unpaired) electrons. The smallest absolute Gasteiger partial charge is 0.129 e. The molecule has 1 rings (SSSR count). The summed E-state index contributed by atoms with van der Waals surface area (Å²) in [6.07, 6.45) is 3.60. The molecule has 4 nitrogen and oxygen atoms in total. The lowest BCUT2D eigenvalue weighted by atomic mass is 10.1.